The van der Waals surface area contributed by atoms with Gasteiger partial charge < -0.3 is 5.32 Å². The number of hydrogen-bond acceptors (Lipinski definition) is 3. The molecule has 1 saturated heterocycles. The topological polar surface area (TPSA) is 41.5 Å². The van der Waals surface area contributed by atoms with Gasteiger partial charge in [0.15, 0.2) is 9.91 Å². The van der Waals surface area contributed by atoms with Gasteiger partial charge in [0.2, 0.25) is 0 Å². The summed E-state index contributed by atoms with van der Waals surface area (Å²) in [5.74, 6) is -1.07. The lowest BCUT2D eigenvalue weighted by molar-refractivity contribution is -0.166. The van der Waals surface area contributed by atoms with Crippen LogP contribution in [0.5, 0.6) is 0 Å². The number of amidine groups is 1. The summed E-state index contributed by atoms with van der Waals surface area (Å²) >= 11 is 0.415. The molecular formula is C13H13F3N2OS. The normalized spacial score (nSPS) is 26.6. The SMILES string of the molecule is C[C@H](N=C1NC(=O)[C@](C)(C(F)(F)F)S1)c1ccccc1. The van der Waals surface area contributed by atoms with E-state index in [9.17, 15) is 18.0 Å². The van der Waals surface area contributed by atoms with Crippen molar-refractivity contribution in [3.63, 3.8) is 0 Å². The first-order valence-electron chi connectivity index (χ1n) is 5.94. The van der Waals surface area contributed by atoms with Crippen LogP contribution in [0, 0.1) is 0 Å². The molecule has 108 valence electrons. The number of hydrogen-bond donors (Lipinski definition) is 1. The maximum absolute atomic E-state index is 12.9. The number of carbonyl (C=O) groups excluding carboxylic acids is 1. The third-order valence-electron chi connectivity index (χ3n) is 3.09. The van der Waals surface area contributed by atoms with Crippen molar-refractivity contribution in [2.45, 2.75) is 30.8 Å². The Morgan fingerprint density at radius 2 is 1.90 bits per heavy atom. The van der Waals surface area contributed by atoms with Crippen molar-refractivity contribution < 1.29 is 18.0 Å². The van der Waals surface area contributed by atoms with E-state index < -0.39 is 16.8 Å². The van der Waals surface area contributed by atoms with Crippen molar-refractivity contribution in [1.82, 2.24) is 5.32 Å². The Kier molecular flexibility index (Phi) is 3.82. The Labute approximate surface area is 118 Å². The summed E-state index contributed by atoms with van der Waals surface area (Å²) in [6, 6.07) is 8.84. The minimum Gasteiger partial charge on any atom is -0.304 e. The number of nitrogens with one attached hydrogen (secondary N) is 1. The molecule has 1 amide bonds. The highest BCUT2D eigenvalue weighted by molar-refractivity contribution is 8.16. The summed E-state index contributed by atoms with van der Waals surface area (Å²) < 4.78 is 36.2. The van der Waals surface area contributed by atoms with Crippen molar-refractivity contribution in [2.24, 2.45) is 4.99 Å². The van der Waals surface area contributed by atoms with Gasteiger partial charge in [-0.05, 0) is 19.4 Å². The van der Waals surface area contributed by atoms with Gasteiger partial charge in [0.25, 0.3) is 5.91 Å². The third-order valence-corrected chi connectivity index (χ3v) is 4.31. The number of amides is 1. The lowest BCUT2D eigenvalue weighted by atomic mass is 10.1. The van der Waals surface area contributed by atoms with Gasteiger partial charge in [-0.15, -0.1) is 0 Å². The lowest BCUT2D eigenvalue weighted by Crippen LogP contribution is -2.46. The molecule has 1 aliphatic heterocycles. The zero-order chi connectivity index (χ0) is 15.0. The highest BCUT2D eigenvalue weighted by Crippen LogP contribution is 2.45. The van der Waals surface area contributed by atoms with Crippen LogP contribution < -0.4 is 5.32 Å². The summed E-state index contributed by atoms with van der Waals surface area (Å²) in [5, 5.41) is 2.21. The van der Waals surface area contributed by atoms with E-state index in [2.05, 4.69) is 10.3 Å². The standard InChI is InChI=1S/C13H13F3N2OS/c1-8(9-6-4-3-5-7-9)17-11-18-10(19)12(2,20-11)13(14,15)16/h3-8H,1-2H3,(H,17,18,19)/t8-,12+/m0/s1. The Balaban J connectivity index is 2.21. The van der Waals surface area contributed by atoms with E-state index in [0.717, 1.165) is 12.5 Å². The summed E-state index contributed by atoms with van der Waals surface area (Å²) in [5.41, 5.74) is 0.871. The molecular weight excluding hydrogens is 289 g/mol. The summed E-state index contributed by atoms with van der Waals surface area (Å²) in [6.45, 7) is 2.63. The number of nitrogens with zero attached hydrogens (tertiary/aromatic N) is 1. The Morgan fingerprint density at radius 1 is 1.30 bits per heavy atom. The van der Waals surface area contributed by atoms with Gasteiger partial charge >= 0.3 is 6.18 Å². The molecule has 1 fully saturated rings. The Morgan fingerprint density at radius 3 is 2.40 bits per heavy atom. The van der Waals surface area contributed by atoms with Crippen LogP contribution in [0.1, 0.15) is 25.5 Å². The van der Waals surface area contributed by atoms with Crippen molar-refractivity contribution >= 4 is 22.8 Å². The van der Waals surface area contributed by atoms with E-state index in [1.54, 1.807) is 6.92 Å². The van der Waals surface area contributed by atoms with Crippen molar-refractivity contribution in [1.29, 1.82) is 0 Å². The summed E-state index contributed by atoms with van der Waals surface area (Å²) in [6.07, 6.45) is -4.62. The summed E-state index contributed by atoms with van der Waals surface area (Å²) in [7, 11) is 0. The zero-order valence-corrected chi connectivity index (χ0v) is 11.7. The minimum atomic E-state index is -4.62. The first kappa shape index (κ1) is 14.9. The fourth-order valence-electron chi connectivity index (χ4n) is 1.71. The van der Waals surface area contributed by atoms with Crippen LogP contribution in [0.25, 0.3) is 0 Å². The molecule has 0 saturated carbocycles. The van der Waals surface area contributed by atoms with Gasteiger partial charge in [0.1, 0.15) is 0 Å². The monoisotopic (exact) mass is 302 g/mol. The minimum absolute atomic E-state index is 0.00572. The molecule has 0 spiro atoms. The highest BCUT2D eigenvalue weighted by Gasteiger charge is 2.61. The van der Waals surface area contributed by atoms with Gasteiger partial charge in [0, 0.05) is 0 Å². The van der Waals surface area contributed by atoms with E-state index in [1.807, 2.05) is 30.3 Å². The van der Waals surface area contributed by atoms with Gasteiger partial charge in [-0.25, -0.2) is 0 Å². The van der Waals surface area contributed by atoms with Gasteiger partial charge in [0.05, 0.1) is 6.04 Å². The third kappa shape index (κ3) is 2.67. The van der Waals surface area contributed by atoms with E-state index >= 15 is 0 Å². The predicted molar refractivity (Wildman–Crippen MR) is 72.5 cm³/mol. The number of carbonyl (C=O) groups is 1. The highest BCUT2D eigenvalue weighted by atomic mass is 32.2. The number of benzene rings is 1. The van der Waals surface area contributed by atoms with Gasteiger partial charge in [-0.2, -0.15) is 13.2 Å². The van der Waals surface area contributed by atoms with Crippen LogP contribution in [0.2, 0.25) is 0 Å². The molecule has 0 radical (unpaired) electrons. The molecule has 1 heterocycles. The van der Waals surface area contributed by atoms with Crippen LogP contribution in [-0.4, -0.2) is 22.0 Å². The van der Waals surface area contributed by atoms with E-state index in [-0.39, 0.29) is 11.2 Å². The molecule has 7 heteroatoms. The number of rotatable bonds is 2. The number of aliphatic imine (C=N–C) groups is 1. The fraction of sp³-hybridized carbons (Fsp3) is 0.385. The molecule has 20 heavy (non-hydrogen) atoms. The van der Waals surface area contributed by atoms with E-state index in [0.29, 0.717) is 11.8 Å². The molecule has 1 aromatic carbocycles. The van der Waals surface area contributed by atoms with Crippen molar-refractivity contribution in [2.75, 3.05) is 0 Å². The second-order valence-electron chi connectivity index (χ2n) is 4.61. The first-order chi connectivity index (χ1) is 9.24. The quantitative estimate of drug-likeness (QED) is 0.911. The number of alkyl halides is 3. The van der Waals surface area contributed by atoms with Crippen molar-refractivity contribution in [3.8, 4) is 0 Å². The second-order valence-corrected chi connectivity index (χ2v) is 6.02. The van der Waals surface area contributed by atoms with E-state index in [4.69, 9.17) is 0 Å². The molecule has 0 bridgehead atoms. The Hall–Kier alpha value is -1.50. The molecule has 0 aromatic heterocycles. The second kappa shape index (κ2) is 5.12. The maximum Gasteiger partial charge on any atom is 0.412 e. The van der Waals surface area contributed by atoms with Gasteiger partial charge in [-0.3, -0.25) is 9.79 Å². The Bertz CT molecular complexity index is 544. The van der Waals surface area contributed by atoms with Crippen molar-refractivity contribution in [3.05, 3.63) is 35.9 Å². The average Bonchev–Trinajstić information content (AvgIpc) is 2.66. The fourth-order valence-corrected chi connectivity index (χ4v) is 2.71. The predicted octanol–water partition coefficient (Wildman–Crippen LogP) is 3.29. The molecule has 2 atom stereocenters. The smallest absolute Gasteiger partial charge is 0.304 e. The van der Waals surface area contributed by atoms with Crippen LogP contribution in [0.4, 0.5) is 13.2 Å². The zero-order valence-electron chi connectivity index (χ0n) is 10.9. The van der Waals surface area contributed by atoms with E-state index in [1.165, 1.54) is 0 Å². The largest absolute Gasteiger partial charge is 0.412 e. The van der Waals surface area contributed by atoms with Crippen LogP contribution >= 0.6 is 11.8 Å². The molecule has 0 unspecified atom stereocenters. The van der Waals surface area contributed by atoms with Gasteiger partial charge in [-0.1, -0.05) is 42.1 Å². The molecule has 1 aliphatic rings. The molecule has 2 rings (SSSR count). The van der Waals surface area contributed by atoms with Crippen LogP contribution in [0.3, 0.4) is 0 Å². The molecule has 3 nitrogen and oxygen atoms in total. The molecule has 0 aliphatic carbocycles. The number of thioether (sulfide) groups is 1. The number of halogens is 3. The van der Waals surface area contributed by atoms with Crippen LogP contribution in [-0.2, 0) is 4.79 Å². The first-order valence-corrected chi connectivity index (χ1v) is 6.75. The maximum atomic E-state index is 12.9. The average molecular weight is 302 g/mol. The summed E-state index contributed by atoms with van der Waals surface area (Å²) in [4.78, 5) is 15.7. The van der Waals surface area contributed by atoms with Crippen LogP contribution in [0.15, 0.2) is 35.3 Å². The lowest BCUT2D eigenvalue weighted by Gasteiger charge is -2.21. The molecule has 1 N–H and O–H groups in total. The molecule has 1 aromatic rings.